The van der Waals surface area contributed by atoms with Crippen LogP contribution in [0.15, 0.2) is 48.5 Å². The maximum absolute atomic E-state index is 6.17. The van der Waals surface area contributed by atoms with Crippen molar-refractivity contribution in [2.24, 2.45) is 5.92 Å². The summed E-state index contributed by atoms with van der Waals surface area (Å²) in [6.07, 6.45) is 3.55. The minimum absolute atomic E-state index is 0.202. The van der Waals surface area contributed by atoms with Gasteiger partial charge in [0.05, 0.1) is 6.10 Å². The Morgan fingerprint density at radius 2 is 1.50 bits per heavy atom. The van der Waals surface area contributed by atoms with E-state index in [4.69, 9.17) is 4.74 Å². The van der Waals surface area contributed by atoms with Crippen LogP contribution in [0.5, 0.6) is 5.75 Å². The summed E-state index contributed by atoms with van der Waals surface area (Å²) in [6, 6.07) is 17.7. The van der Waals surface area contributed by atoms with Gasteiger partial charge in [0, 0.05) is 0 Å². The standard InChI is InChI=1S/C25H36O/c1-7-19(4)23-11-13-25(14-12-23)26-21(6)16-20(5)24-10-8-9-22(17-24)15-18(2)3/h8-14,17-21H,7,15-16H2,1-6H3. The second-order valence-corrected chi connectivity index (χ2v) is 8.29. The van der Waals surface area contributed by atoms with Gasteiger partial charge in [-0.15, -0.1) is 0 Å². The molecule has 0 aliphatic rings. The van der Waals surface area contributed by atoms with E-state index in [1.807, 2.05) is 0 Å². The molecule has 0 bridgehead atoms. The fourth-order valence-corrected chi connectivity index (χ4v) is 3.52. The number of hydrogen-bond acceptors (Lipinski definition) is 1. The van der Waals surface area contributed by atoms with Crippen molar-refractivity contribution in [3.05, 3.63) is 65.2 Å². The van der Waals surface area contributed by atoms with E-state index in [0.29, 0.717) is 17.8 Å². The molecule has 0 aliphatic heterocycles. The normalized spacial score (nSPS) is 14.9. The zero-order chi connectivity index (χ0) is 19.1. The van der Waals surface area contributed by atoms with Crippen molar-refractivity contribution in [1.29, 1.82) is 0 Å². The number of hydrogen-bond donors (Lipinski definition) is 0. The minimum atomic E-state index is 0.202. The van der Waals surface area contributed by atoms with E-state index in [1.54, 1.807) is 0 Å². The molecule has 1 nitrogen and oxygen atoms in total. The Bertz CT molecular complexity index is 656. The third-order valence-electron chi connectivity index (χ3n) is 5.25. The summed E-state index contributed by atoms with van der Waals surface area (Å²) < 4.78 is 6.17. The van der Waals surface area contributed by atoms with Gasteiger partial charge < -0.3 is 4.74 Å². The fraction of sp³-hybridized carbons (Fsp3) is 0.520. The van der Waals surface area contributed by atoms with Crippen LogP contribution in [0, 0.1) is 5.92 Å². The van der Waals surface area contributed by atoms with Gasteiger partial charge in [0.1, 0.15) is 5.75 Å². The SMILES string of the molecule is CCC(C)c1ccc(OC(C)CC(C)c2cccc(CC(C)C)c2)cc1. The molecule has 0 fully saturated rings. The summed E-state index contributed by atoms with van der Waals surface area (Å²) in [5, 5.41) is 0. The Kier molecular flexibility index (Phi) is 7.75. The molecule has 0 N–H and O–H groups in total. The van der Waals surface area contributed by atoms with E-state index >= 15 is 0 Å². The first-order chi connectivity index (χ1) is 12.4. The monoisotopic (exact) mass is 352 g/mol. The summed E-state index contributed by atoms with van der Waals surface area (Å²) in [5.41, 5.74) is 4.26. The highest BCUT2D eigenvalue weighted by Gasteiger charge is 2.13. The van der Waals surface area contributed by atoms with Gasteiger partial charge in [0.15, 0.2) is 0 Å². The van der Waals surface area contributed by atoms with E-state index in [2.05, 4.69) is 90.1 Å². The highest BCUT2D eigenvalue weighted by Crippen LogP contribution is 2.26. The van der Waals surface area contributed by atoms with Crippen LogP contribution in [0.25, 0.3) is 0 Å². The molecule has 2 aromatic carbocycles. The molecule has 0 radical (unpaired) electrons. The molecular weight excluding hydrogens is 316 g/mol. The Morgan fingerprint density at radius 3 is 2.12 bits per heavy atom. The largest absolute Gasteiger partial charge is 0.491 e. The van der Waals surface area contributed by atoms with Gasteiger partial charge >= 0.3 is 0 Å². The predicted octanol–water partition coefficient (Wildman–Crippen LogP) is 7.36. The van der Waals surface area contributed by atoms with Crippen LogP contribution < -0.4 is 4.74 Å². The van der Waals surface area contributed by atoms with Gasteiger partial charge in [-0.05, 0) is 72.8 Å². The van der Waals surface area contributed by atoms with Gasteiger partial charge in [-0.2, -0.15) is 0 Å². The molecule has 0 saturated carbocycles. The Labute approximate surface area is 160 Å². The second-order valence-electron chi connectivity index (χ2n) is 8.29. The van der Waals surface area contributed by atoms with Crippen LogP contribution in [0.2, 0.25) is 0 Å². The van der Waals surface area contributed by atoms with Crippen LogP contribution in [-0.2, 0) is 6.42 Å². The molecule has 2 aromatic rings. The summed E-state index contributed by atoms with van der Waals surface area (Å²) in [7, 11) is 0. The molecule has 0 amide bonds. The molecule has 0 aromatic heterocycles. The van der Waals surface area contributed by atoms with Crippen LogP contribution in [0.3, 0.4) is 0 Å². The molecule has 3 atom stereocenters. The van der Waals surface area contributed by atoms with Crippen molar-refractivity contribution in [3.8, 4) is 5.75 Å². The van der Waals surface area contributed by atoms with Crippen molar-refractivity contribution in [2.45, 2.75) is 78.7 Å². The van der Waals surface area contributed by atoms with E-state index in [0.717, 1.165) is 18.6 Å². The lowest BCUT2D eigenvalue weighted by Gasteiger charge is -2.20. The molecule has 26 heavy (non-hydrogen) atoms. The summed E-state index contributed by atoms with van der Waals surface area (Å²) in [5.74, 6) is 2.78. The zero-order valence-electron chi connectivity index (χ0n) is 17.5. The third kappa shape index (κ3) is 6.20. The first-order valence-corrected chi connectivity index (χ1v) is 10.2. The summed E-state index contributed by atoms with van der Waals surface area (Å²) in [4.78, 5) is 0. The lowest BCUT2D eigenvalue weighted by molar-refractivity contribution is 0.202. The molecular formula is C25H36O. The number of ether oxygens (including phenoxy) is 1. The van der Waals surface area contributed by atoms with Gasteiger partial charge in [0.2, 0.25) is 0 Å². The fourth-order valence-electron chi connectivity index (χ4n) is 3.52. The lowest BCUT2D eigenvalue weighted by atomic mass is 9.92. The van der Waals surface area contributed by atoms with E-state index in [1.165, 1.54) is 23.1 Å². The van der Waals surface area contributed by atoms with Crippen molar-refractivity contribution >= 4 is 0 Å². The van der Waals surface area contributed by atoms with Gasteiger partial charge in [-0.1, -0.05) is 71.0 Å². The van der Waals surface area contributed by atoms with Gasteiger partial charge in [0.25, 0.3) is 0 Å². The average Bonchev–Trinajstić information content (AvgIpc) is 2.61. The van der Waals surface area contributed by atoms with E-state index < -0.39 is 0 Å². The van der Waals surface area contributed by atoms with Crippen LogP contribution in [0.4, 0.5) is 0 Å². The Morgan fingerprint density at radius 1 is 0.808 bits per heavy atom. The first-order valence-electron chi connectivity index (χ1n) is 10.2. The maximum atomic E-state index is 6.17. The zero-order valence-corrected chi connectivity index (χ0v) is 17.5. The van der Waals surface area contributed by atoms with Gasteiger partial charge in [-0.3, -0.25) is 0 Å². The van der Waals surface area contributed by atoms with E-state index in [9.17, 15) is 0 Å². The number of rotatable bonds is 9. The molecule has 3 unspecified atom stereocenters. The topological polar surface area (TPSA) is 9.23 Å². The van der Waals surface area contributed by atoms with Crippen LogP contribution in [-0.4, -0.2) is 6.10 Å². The van der Waals surface area contributed by atoms with Crippen molar-refractivity contribution < 1.29 is 4.74 Å². The highest BCUT2D eigenvalue weighted by molar-refractivity contribution is 5.30. The van der Waals surface area contributed by atoms with Crippen LogP contribution in [0.1, 0.15) is 82.9 Å². The quantitative estimate of drug-likeness (QED) is 0.458. The average molecular weight is 353 g/mol. The number of benzene rings is 2. The Hall–Kier alpha value is -1.76. The molecule has 1 heteroatoms. The van der Waals surface area contributed by atoms with Crippen molar-refractivity contribution in [1.82, 2.24) is 0 Å². The smallest absolute Gasteiger partial charge is 0.119 e. The molecule has 0 spiro atoms. The lowest BCUT2D eigenvalue weighted by Crippen LogP contribution is -2.15. The van der Waals surface area contributed by atoms with Crippen molar-refractivity contribution in [3.63, 3.8) is 0 Å². The predicted molar refractivity (Wildman–Crippen MR) is 113 cm³/mol. The van der Waals surface area contributed by atoms with Gasteiger partial charge in [-0.25, -0.2) is 0 Å². The summed E-state index contributed by atoms with van der Waals surface area (Å²) >= 11 is 0. The third-order valence-corrected chi connectivity index (χ3v) is 5.25. The Balaban J connectivity index is 1.93. The molecule has 0 heterocycles. The van der Waals surface area contributed by atoms with E-state index in [-0.39, 0.29) is 6.10 Å². The summed E-state index contributed by atoms with van der Waals surface area (Å²) in [6.45, 7) is 13.5. The molecule has 0 saturated heterocycles. The first kappa shape index (κ1) is 20.6. The second kappa shape index (κ2) is 9.80. The molecule has 0 aliphatic carbocycles. The van der Waals surface area contributed by atoms with Crippen LogP contribution >= 0.6 is 0 Å². The maximum Gasteiger partial charge on any atom is 0.119 e. The minimum Gasteiger partial charge on any atom is -0.491 e. The van der Waals surface area contributed by atoms with Crippen molar-refractivity contribution in [2.75, 3.05) is 0 Å². The molecule has 142 valence electrons. The highest BCUT2D eigenvalue weighted by atomic mass is 16.5. The molecule has 2 rings (SSSR count).